The quantitative estimate of drug-likeness (QED) is 0.591. The van der Waals surface area contributed by atoms with Gasteiger partial charge in [0.25, 0.3) is 17.1 Å². The van der Waals surface area contributed by atoms with Gasteiger partial charge in [-0.2, -0.15) is 5.10 Å². The van der Waals surface area contributed by atoms with E-state index in [1.165, 1.54) is 0 Å². The van der Waals surface area contributed by atoms with Gasteiger partial charge >= 0.3 is 0 Å². The Morgan fingerprint density at radius 2 is 2.03 bits per heavy atom. The Morgan fingerprint density at radius 1 is 1.19 bits per heavy atom. The molecule has 10 heteroatoms. The van der Waals surface area contributed by atoms with E-state index >= 15 is 0 Å². The number of benzene rings is 2. The lowest BCUT2D eigenvalue weighted by Crippen LogP contribution is -2.37. The molecule has 3 amide bonds. The van der Waals surface area contributed by atoms with Gasteiger partial charge in [0.1, 0.15) is 0 Å². The number of thioether (sulfide) groups is 1. The zero-order chi connectivity index (χ0) is 21.4. The summed E-state index contributed by atoms with van der Waals surface area (Å²) in [5.41, 5.74) is 1.76. The van der Waals surface area contributed by atoms with Crippen molar-refractivity contribution in [3.05, 3.63) is 58.6 Å². The maximum atomic E-state index is 12.7. The first-order valence-electron chi connectivity index (χ1n) is 9.46. The molecule has 31 heavy (non-hydrogen) atoms. The molecule has 156 valence electrons. The van der Waals surface area contributed by atoms with Crippen molar-refractivity contribution >= 4 is 45.8 Å². The third-order valence-corrected chi connectivity index (χ3v) is 5.78. The summed E-state index contributed by atoms with van der Waals surface area (Å²) in [4.78, 5) is 38.8. The van der Waals surface area contributed by atoms with Gasteiger partial charge in [-0.1, -0.05) is 24.3 Å². The largest absolute Gasteiger partial charge is 0.454 e. The molecule has 1 aromatic heterocycles. The summed E-state index contributed by atoms with van der Waals surface area (Å²) in [6.45, 7) is 0.349. The minimum absolute atomic E-state index is 0.0667. The van der Waals surface area contributed by atoms with Gasteiger partial charge in [0.15, 0.2) is 17.2 Å². The Hall–Kier alpha value is -3.79. The van der Waals surface area contributed by atoms with E-state index in [1.807, 2.05) is 18.2 Å². The van der Waals surface area contributed by atoms with Crippen molar-refractivity contribution in [2.24, 2.45) is 0 Å². The smallest absolute Gasteiger partial charge is 0.293 e. The molecule has 0 radical (unpaired) electrons. The van der Waals surface area contributed by atoms with Gasteiger partial charge in [0, 0.05) is 18.5 Å². The number of carbonyl (C=O) groups excluding carboxylic acids is 3. The van der Waals surface area contributed by atoms with E-state index in [-0.39, 0.29) is 36.7 Å². The number of hydrogen-bond donors (Lipinski definition) is 2. The highest BCUT2D eigenvalue weighted by Gasteiger charge is 2.34. The normalized spacial score (nSPS) is 16.5. The summed E-state index contributed by atoms with van der Waals surface area (Å²) in [5.74, 6) is 0.472. The highest BCUT2D eigenvalue weighted by Crippen LogP contribution is 2.36. The van der Waals surface area contributed by atoms with E-state index in [2.05, 4.69) is 15.5 Å². The Balaban J connectivity index is 1.22. The van der Waals surface area contributed by atoms with Crippen molar-refractivity contribution in [2.75, 3.05) is 19.9 Å². The molecule has 1 saturated heterocycles. The summed E-state index contributed by atoms with van der Waals surface area (Å²) in [5, 5.41) is 9.88. The van der Waals surface area contributed by atoms with Crippen LogP contribution < -0.4 is 14.8 Å². The Bertz CT molecular complexity index is 1250. The van der Waals surface area contributed by atoms with E-state index in [0.717, 1.165) is 27.7 Å². The van der Waals surface area contributed by atoms with Gasteiger partial charge in [0.05, 0.1) is 10.4 Å². The average Bonchev–Trinajstić information content (AvgIpc) is 3.47. The number of imide groups is 1. The number of nitrogens with one attached hydrogen (secondary N) is 2. The van der Waals surface area contributed by atoms with Crippen molar-refractivity contribution in [2.45, 2.75) is 0 Å². The Morgan fingerprint density at radius 3 is 2.94 bits per heavy atom. The number of aromatic nitrogens is 2. The summed E-state index contributed by atoms with van der Waals surface area (Å²) in [7, 11) is 0. The van der Waals surface area contributed by atoms with Crippen molar-refractivity contribution in [1.82, 2.24) is 20.4 Å². The molecule has 2 aliphatic heterocycles. The number of ether oxygens (including phenoxy) is 2. The van der Waals surface area contributed by atoms with Crippen LogP contribution in [-0.2, 0) is 4.79 Å². The maximum absolute atomic E-state index is 12.7. The van der Waals surface area contributed by atoms with Crippen molar-refractivity contribution in [3.63, 3.8) is 0 Å². The highest BCUT2D eigenvalue weighted by atomic mass is 32.2. The molecule has 5 rings (SSSR count). The van der Waals surface area contributed by atoms with Crippen LogP contribution in [0.5, 0.6) is 11.5 Å². The van der Waals surface area contributed by atoms with Gasteiger partial charge < -0.3 is 14.8 Å². The molecule has 2 aliphatic rings. The number of aromatic amines is 1. The summed E-state index contributed by atoms with van der Waals surface area (Å²) < 4.78 is 10.6. The number of carbonyl (C=O) groups is 3. The summed E-state index contributed by atoms with van der Waals surface area (Å²) in [6, 6.07) is 12.6. The molecule has 0 bridgehead atoms. The predicted octanol–water partition coefficient (Wildman–Crippen LogP) is 2.76. The van der Waals surface area contributed by atoms with Crippen molar-refractivity contribution < 1.29 is 23.9 Å². The highest BCUT2D eigenvalue weighted by molar-refractivity contribution is 8.18. The van der Waals surface area contributed by atoms with Crippen LogP contribution in [0.1, 0.15) is 16.1 Å². The molecule has 2 N–H and O–H groups in total. The van der Waals surface area contributed by atoms with Crippen LogP contribution in [-0.4, -0.2) is 52.0 Å². The number of nitrogens with zero attached hydrogens (tertiary/aromatic N) is 2. The fourth-order valence-electron chi connectivity index (χ4n) is 3.35. The van der Waals surface area contributed by atoms with Crippen LogP contribution in [0, 0.1) is 0 Å². The fraction of sp³-hybridized carbons (Fsp3) is 0.143. The molecule has 9 nitrogen and oxygen atoms in total. The SMILES string of the molecule is O=C(NCCN1C(=O)SC(=Cc2ccc3c(c2)OCO3)C1=O)c1n[nH]c2ccccc12. The van der Waals surface area contributed by atoms with Gasteiger partial charge in [-0.3, -0.25) is 24.4 Å². The molecule has 0 unspecified atom stereocenters. The standard InChI is InChI=1S/C21H16N4O5S/c26-19(18-13-3-1-2-4-14(13)23-24-18)22-7-8-25-20(27)17(31-21(25)28)10-12-5-6-15-16(9-12)30-11-29-15/h1-6,9-10H,7-8,11H2,(H,22,26)(H,23,24). The molecular weight excluding hydrogens is 420 g/mol. The van der Waals surface area contributed by atoms with Crippen LogP contribution in [0.2, 0.25) is 0 Å². The summed E-state index contributed by atoms with van der Waals surface area (Å²) >= 11 is 0.865. The monoisotopic (exact) mass is 436 g/mol. The molecular formula is C21H16N4O5S. The Labute approximate surface area is 180 Å². The lowest BCUT2D eigenvalue weighted by atomic mass is 10.2. The van der Waals surface area contributed by atoms with Crippen molar-refractivity contribution in [1.29, 1.82) is 0 Å². The number of para-hydroxylation sites is 1. The lowest BCUT2D eigenvalue weighted by Gasteiger charge is -2.12. The van der Waals surface area contributed by atoms with Crippen LogP contribution in [0.3, 0.4) is 0 Å². The number of amides is 3. The average molecular weight is 436 g/mol. The number of fused-ring (bicyclic) bond motifs is 2. The van der Waals surface area contributed by atoms with Crippen LogP contribution in [0.25, 0.3) is 17.0 Å². The number of H-pyrrole nitrogens is 1. The third-order valence-electron chi connectivity index (χ3n) is 4.87. The van der Waals surface area contributed by atoms with E-state index in [9.17, 15) is 14.4 Å². The fourth-order valence-corrected chi connectivity index (χ4v) is 4.21. The predicted molar refractivity (Wildman–Crippen MR) is 114 cm³/mol. The zero-order valence-corrected chi connectivity index (χ0v) is 16.9. The second kappa shape index (κ2) is 7.80. The first-order chi connectivity index (χ1) is 15.1. The summed E-state index contributed by atoms with van der Waals surface area (Å²) in [6.07, 6.45) is 1.64. The van der Waals surface area contributed by atoms with Gasteiger partial charge in [0.2, 0.25) is 6.79 Å². The van der Waals surface area contributed by atoms with E-state index in [4.69, 9.17) is 9.47 Å². The first kappa shape index (κ1) is 19.2. The number of hydrogen-bond acceptors (Lipinski definition) is 7. The van der Waals surface area contributed by atoms with Crippen LogP contribution in [0.15, 0.2) is 47.4 Å². The second-order valence-electron chi connectivity index (χ2n) is 6.82. The van der Waals surface area contributed by atoms with E-state index in [0.29, 0.717) is 21.8 Å². The van der Waals surface area contributed by atoms with Gasteiger partial charge in [-0.25, -0.2) is 0 Å². The minimum Gasteiger partial charge on any atom is -0.454 e. The molecule has 0 aliphatic carbocycles. The topological polar surface area (TPSA) is 114 Å². The van der Waals surface area contributed by atoms with Crippen LogP contribution in [0.4, 0.5) is 4.79 Å². The van der Waals surface area contributed by atoms with E-state index in [1.54, 1.807) is 30.3 Å². The molecule has 0 atom stereocenters. The number of rotatable bonds is 5. The van der Waals surface area contributed by atoms with Gasteiger partial charge in [-0.15, -0.1) is 0 Å². The molecule has 0 spiro atoms. The lowest BCUT2D eigenvalue weighted by molar-refractivity contribution is -0.122. The second-order valence-corrected chi connectivity index (χ2v) is 7.81. The molecule has 2 aromatic carbocycles. The zero-order valence-electron chi connectivity index (χ0n) is 16.1. The Kier molecular flexibility index (Phi) is 4.83. The molecule has 3 aromatic rings. The maximum Gasteiger partial charge on any atom is 0.293 e. The molecule has 3 heterocycles. The molecule has 0 saturated carbocycles. The van der Waals surface area contributed by atoms with E-state index < -0.39 is 5.91 Å². The minimum atomic E-state index is -0.396. The van der Waals surface area contributed by atoms with Crippen molar-refractivity contribution in [3.8, 4) is 11.5 Å². The first-order valence-corrected chi connectivity index (χ1v) is 10.3. The molecule has 1 fully saturated rings. The van der Waals surface area contributed by atoms with Crippen LogP contribution >= 0.6 is 11.8 Å². The van der Waals surface area contributed by atoms with Gasteiger partial charge in [-0.05, 0) is 41.6 Å². The third kappa shape index (κ3) is 3.61.